The SMILES string of the molecule is Cc1cnccc1-c1ccc2cc(-c3c4ccccc4c(-c4ccccc4)c4ccccc34)ccc2c1. The van der Waals surface area contributed by atoms with Crippen molar-refractivity contribution in [2.75, 3.05) is 0 Å². The number of fused-ring (bicyclic) bond motifs is 3. The van der Waals surface area contributed by atoms with Crippen LogP contribution in [0.25, 0.3) is 65.7 Å². The largest absolute Gasteiger partial charge is 0.264 e. The maximum Gasteiger partial charge on any atom is 0.0303 e. The van der Waals surface area contributed by atoms with E-state index in [1.54, 1.807) is 0 Å². The Balaban J connectivity index is 1.48. The minimum absolute atomic E-state index is 1.19. The lowest BCUT2D eigenvalue weighted by atomic mass is 9.85. The summed E-state index contributed by atoms with van der Waals surface area (Å²) in [6.45, 7) is 2.12. The average Bonchev–Trinajstić information content (AvgIpc) is 2.96. The molecule has 0 radical (unpaired) electrons. The van der Waals surface area contributed by atoms with E-state index in [1.165, 1.54) is 71.3 Å². The fourth-order valence-electron chi connectivity index (χ4n) is 5.72. The molecule has 0 fully saturated rings. The smallest absolute Gasteiger partial charge is 0.0303 e. The molecule has 0 saturated carbocycles. The van der Waals surface area contributed by atoms with E-state index in [9.17, 15) is 0 Å². The molecule has 0 saturated heterocycles. The number of aryl methyl sites for hydroxylation is 1. The van der Waals surface area contributed by atoms with E-state index in [0.717, 1.165) is 0 Å². The quantitative estimate of drug-likeness (QED) is 0.234. The van der Waals surface area contributed by atoms with Gasteiger partial charge in [0.2, 0.25) is 0 Å². The van der Waals surface area contributed by atoms with Crippen LogP contribution in [-0.2, 0) is 0 Å². The highest BCUT2D eigenvalue weighted by Gasteiger charge is 2.16. The van der Waals surface area contributed by atoms with Crippen LogP contribution in [0.1, 0.15) is 5.56 Å². The maximum absolute atomic E-state index is 4.25. The summed E-state index contributed by atoms with van der Waals surface area (Å²) in [5, 5.41) is 7.61. The summed E-state index contributed by atoms with van der Waals surface area (Å²) in [6.07, 6.45) is 3.79. The highest BCUT2D eigenvalue weighted by Crippen LogP contribution is 2.44. The molecule has 174 valence electrons. The topological polar surface area (TPSA) is 12.9 Å². The first kappa shape index (κ1) is 21.5. The van der Waals surface area contributed by atoms with Crippen molar-refractivity contribution in [3.63, 3.8) is 0 Å². The second-order valence-electron chi connectivity index (χ2n) is 9.67. The monoisotopic (exact) mass is 471 g/mol. The van der Waals surface area contributed by atoms with Gasteiger partial charge < -0.3 is 0 Å². The molecule has 0 aliphatic carbocycles. The van der Waals surface area contributed by atoms with Gasteiger partial charge in [0.15, 0.2) is 0 Å². The minimum atomic E-state index is 1.19. The predicted octanol–water partition coefficient (Wildman–Crippen LogP) is 9.85. The Labute approximate surface area is 216 Å². The van der Waals surface area contributed by atoms with E-state index < -0.39 is 0 Å². The van der Waals surface area contributed by atoms with Crippen LogP contribution in [0.2, 0.25) is 0 Å². The zero-order valence-corrected chi connectivity index (χ0v) is 20.6. The van der Waals surface area contributed by atoms with Crippen LogP contribution in [0.15, 0.2) is 134 Å². The molecule has 0 N–H and O–H groups in total. The van der Waals surface area contributed by atoms with Gasteiger partial charge in [-0.1, -0.05) is 103 Å². The summed E-state index contributed by atoms with van der Waals surface area (Å²) < 4.78 is 0. The molecule has 0 spiro atoms. The van der Waals surface area contributed by atoms with Crippen molar-refractivity contribution in [1.82, 2.24) is 4.98 Å². The first-order chi connectivity index (χ1) is 18.3. The molecule has 0 amide bonds. The molecule has 0 aliphatic heterocycles. The van der Waals surface area contributed by atoms with Crippen LogP contribution in [0, 0.1) is 6.92 Å². The van der Waals surface area contributed by atoms with Crippen LogP contribution in [0.4, 0.5) is 0 Å². The van der Waals surface area contributed by atoms with Gasteiger partial charge in [-0.15, -0.1) is 0 Å². The minimum Gasteiger partial charge on any atom is -0.264 e. The third-order valence-corrected chi connectivity index (χ3v) is 7.45. The van der Waals surface area contributed by atoms with Crippen LogP contribution in [0.3, 0.4) is 0 Å². The van der Waals surface area contributed by atoms with Crippen molar-refractivity contribution < 1.29 is 0 Å². The first-order valence-corrected chi connectivity index (χ1v) is 12.7. The van der Waals surface area contributed by atoms with Crippen LogP contribution < -0.4 is 0 Å². The molecule has 1 heterocycles. The number of pyridine rings is 1. The van der Waals surface area contributed by atoms with E-state index in [1.807, 2.05) is 12.4 Å². The van der Waals surface area contributed by atoms with Gasteiger partial charge in [0.25, 0.3) is 0 Å². The molecule has 7 aromatic rings. The zero-order valence-electron chi connectivity index (χ0n) is 20.6. The first-order valence-electron chi connectivity index (χ1n) is 12.7. The summed E-state index contributed by atoms with van der Waals surface area (Å²) >= 11 is 0. The van der Waals surface area contributed by atoms with E-state index >= 15 is 0 Å². The fourth-order valence-corrected chi connectivity index (χ4v) is 5.72. The Kier molecular flexibility index (Phi) is 5.08. The summed E-state index contributed by atoms with van der Waals surface area (Å²) in [5.41, 5.74) is 8.73. The normalized spacial score (nSPS) is 11.4. The number of nitrogens with zero attached hydrogens (tertiary/aromatic N) is 1. The number of hydrogen-bond donors (Lipinski definition) is 0. The highest BCUT2D eigenvalue weighted by atomic mass is 14.6. The molecule has 0 bridgehead atoms. The lowest BCUT2D eigenvalue weighted by Gasteiger charge is -2.18. The highest BCUT2D eigenvalue weighted by molar-refractivity contribution is 6.21. The molecule has 1 aromatic heterocycles. The predicted molar refractivity (Wildman–Crippen MR) is 158 cm³/mol. The van der Waals surface area contributed by atoms with Crippen molar-refractivity contribution in [2.24, 2.45) is 0 Å². The Hall–Kier alpha value is -4.75. The van der Waals surface area contributed by atoms with Crippen molar-refractivity contribution >= 4 is 32.3 Å². The van der Waals surface area contributed by atoms with Crippen molar-refractivity contribution in [3.05, 3.63) is 139 Å². The van der Waals surface area contributed by atoms with Gasteiger partial charge in [0, 0.05) is 12.4 Å². The Morgan fingerprint density at radius 2 is 0.973 bits per heavy atom. The standard InChI is InChI=1S/C36H25N/c1-24-23-37-20-19-30(24)28-17-15-27-22-29(18-16-26(27)21-28)36-33-13-7-5-11-31(33)35(25-9-3-2-4-10-25)32-12-6-8-14-34(32)36/h2-23H,1H3. The van der Waals surface area contributed by atoms with Gasteiger partial charge in [0.05, 0.1) is 0 Å². The molecule has 6 aromatic carbocycles. The second kappa shape index (κ2) is 8.72. The van der Waals surface area contributed by atoms with E-state index in [2.05, 4.69) is 133 Å². The summed E-state index contributed by atoms with van der Waals surface area (Å²) in [5.74, 6) is 0. The number of benzene rings is 6. The Morgan fingerprint density at radius 3 is 1.57 bits per heavy atom. The Morgan fingerprint density at radius 1 is 0.459 bits per heavy atom. The lowest BCUT2D eigenvalue weighted by Crippen LogP contribution is -1.91. The zero-order chi connectivity index (χ0) is 24.8. The lowest BCUT2D eigenvalue weighted by molar-refractivity contribution is 1.27. The summed E-state index contributed by atoms with van der Waals surface area (Å²) in [6, 6.07) is 44.2. The molecule has 1 heteroatoms. The fraction of sp³-hybridized carbons (Fsp3) is 0.0278. The third kappa shape index (κ3) is 3.59. The van der Waals surface area contributed by atoms with E-state index in [0.29, 0.717) is 0 Å². The van der Waals surface area contributed by atoms with Crippen molar-refractivity contribution in [2.45, 2.75) is 6.92 Å². The molecule has 1 nitrogen and oxygen atoms in total. The molecular formula is C36H25N. The molecule has 37 heavy (non-hydrogen) atoms. The summed E-state index contributed by atoms with van der Waals surface area (Å²) in [7, 11) is 0. The molecule has 0 atom stereocenters. The van der Waals surface area contributed by atoms with Gasteiger partial charge in [-0.3, -0.25) is 4.98 Å². The second-order valence-corrected chi connectivity index (χ2v) is 9.67. The van der Waals surface area contributed by atoms with Gasteiger partial charge in [-0.2, -0.15) is 0 Å². The number of aromatic nitrogens is 1. The van der Waals surface area contributed by atoms with Crippen molar-refractivity contribution in [1.29, 1.82) is 0 Å². The van der Waals surface area contributed by atoms with Gasteiger partial charge in [-0.25, -0.2) is 0 Å². The third-order valence-electron chi connectivity index (χ3n) is 7.45. The molecule has 0 aliphatic rings. The van der Waals surface area contributed by atoms with Crippen molar-refractivity contribution in [3.8, 4) is 33.4 Å². The molecular weight excluding hydrogens is 446 g/mol. The molecule has 0 unspecified atom stereocenters. The van der Waals surface area contributed by atoms with Gasteiger partial charge >= 0.3 is 0 Å². The number of hydrogen-bond acceptors (Lipinski definition) is 1. The Bertz CT molecular complexity index is 1880. The van der Waals surface area contributed by atoms with E-state index in [4.69, 9.17) is 0 Å². The van der Waals surface area contributed by atoms with Gasteiger partial charge in [-0.05, 0) is 96.4 Å². The van der Waals surface area contributed by atoms with E-state index in [-0.39, 0.29) is 0 Å². The van der Waals surface area contributed by atoms with Crippen LogP contribution in [0.5, 0.6) is 0 Å². The summed E-state index contributed by atoms with van der Waals surface area (Å²) in [4.78, 5) is 4.25. The molecule has 7 rings (SSSR count). The van der Waals surface area contributed by atoms with Gasteiger partial charge in [0.1, 0.15) is 0 Å². The number of rotatable bonds is 3. The average molecular weight is 472 g/mol. The maximum atomic E-state index is 4.25. The van der Waals surface area contributed by atoms with Crippen LogP contribution in [-0.4, -0.2) is 4.98 Å². The van der Waals surface area contributed by atoms with Crippen LogP contribution >= 0.6 is 0 Å².